The minimum absolute atomic E-state index is 0.0958. The van der Waals surface area contributed by atoms with E-state index < -0.39 is 35.2 Å². The zero-order chi connectivity index (χ0) is 16.3. The van der Waals surface area contributed by atoms with Crippen LogP contribution >= 0.6 is 0 Å². The summed E-state index contributed by atoms with van der Waals surface area (Å²) in [6.07, 6.45) is -5.26. The number of fused-ring (bicyclic) bond motifs is 1. The zero-order valence-corrected chi connectivity index (χ0v) is 11.6. The van der Waals surface area contributed by atoms with Gasteiger partial charge in [-0.1, -0.05) is 0 Å². The van der Waals surface area contributed by atoms with E-state index in [0.29, 0.717) is 6.07 Å². The van der Waals surface area contributed by atoms with Crippen molar-refractivity contribution in [2.45, 2.75) is 44.2 Å². The standard InChI is InChI=1S/C14H14F3NO4/c1-13(21)4-8(5-13)18-11-7(6-22-12(18)20)2-9(19)3-10(11)14(15,16)17/h2-3,8,19,21H,4-6H2,1H3. The molecule has 1 saturated carbocycles. The molecule has 0 aromatic heterocycles. The second-order valence-electron chi connectivity index (χ2n) is 5.98. The number of cyclic esters (lactones) is 1. The first kappa shape index (κ1) is 15.0. The molecule has 1 aliphatic carbocycles. The molecule has 120 valence electrons. The Morgan fingerprint density at radius 2 is 2.00 bits per heavy atom. The summed E-state index contributed by atoms with van der Waals surface area (Å²) in [4.78, 5) is 12.9. The molecule has 2 aliphatic rings. The topological polar surface area (TPSA) is 70.0 Å². The highest BCUT2D eigenvalue weighted by Gasteiger charge is 2.49. The van der Waals surface area contributed by atoms with E-state index >= 15 is 0 Å². The normalized spacial score (nSPS) is 28.0. The summed E-state index contributed by atoms with van der Waals surface area (Å²) in [7, 11) is 0. The molecule has 0 radical (unpaired) electrons. The van der Waals surface area contributed by atoms with Gasteiger partial charge < -0.3 is 14.9 Å². The van der Waals surface area contributed by atoms with Crippen LogP contribution in [0.25, 0.3) is 0 Å². The fraction of sp³-hybridized carbons (Fsp3) is 0.500. The summed E-state index contributed by atoms with van der Waals surface area (Å²) >= 11 is 0. The first-order valence-corrected chi connectivity index (χ1v) is 6.70. The molecule has 3 rings (SSSR count). The van der Waals surface area contributed by atoms with Crippen LogP contribution in [0.5, 0.6) is 5.75 Å². The van der Waals surface area contributed by atoms with E-state index in [2.05, 4.69) is 0 Å². The molecule has 1 aliphatic heterocycles. The molecule has 1 aromatic rings. The Morgan fingerprint density at radius 3 is 2.55 bits per heavy atom. The zero-order valence-electron chi connectivity index (χ0n) is 11.6. The Balaban J connectivity index is 2.11. The highest BCUT2D eigenvalue weighted by atomic mass is 19.4. The lowest BCUT2D eigenvalue weighted by Gasteiger charge is -2.48. The smallest absolute Gasteiger partial charge is 0.418 e. The van der Waals surface area contributed by atoms with Gasteiger partial charge >= 0.3 is 12.3 Å². The van der Waals surface area contributed by atoms with Crippen molar-refractivity contribution in [2.75, 3.05) is 4.90 Å². The molecule has 5 nitrogen and oxygen atoms in total. The number of nitrogens with zero attached hydrogens (tertiary/aromatic N) is 1. The van der Waals surface area contributed by atoms with Gasteiger partial charge in [-0.15, -0.1) is 0 Å². The summed E-state index contributed by atoms with van der Waals surface area (Å²) in [6.45, 7) is 1.23. The lowest BCUT2D eigenvalue weighted by Crippen LogP contribution is -2.57. The van der Waals surface area contributed by atoms with Crippen LogP contribution in [0.3, 0.4) is 0 Å². The van der Waals surface area contributed by atoms with Gasteiger partial charge in [-0.3, -0.25) is 4.90 Å². The Kier molecular flexibility index (Phi) is 3.07. The monoisotopic (exact) mass is 317 g/mol. The molecule has 2 N–H and O–H groups in total. The van der Waals surface area contributed by atoms with Crippen molar-refractivity contribution < 1.29 is 32.9 Å². The number of phenolic OH excluding ortho intramolecular Hbond substituents is 1. The first-order valence-electron chi connectivity index (χ1n) is 6.70. The minimum Gasteiger partial charge on any atom is -0.508 e. The van der Waals surface area contributed by atoms with Gasteiger partial charge in [-0.25, -0.2) is 4.79 Å². The van der Waals surface area contributed by atoms with E-state index in [1.807, 2.05) is 0 Å². The van der Waals surface area contributed by atoms with E-state index in [4.69, 9.17) is 4.74 Å². The van der Waals surface area contributed by atoms with Gasteiger partial charge in [-0.05, 0) is 31.9 Å². The van der Waals surface area contributed by atoms with Crippen LogP contribution < -0.4 is 4.90 Å². The van der Waals surface area contributed by atoms with Crippen LogP contribution in [0.4, 0.5) is 23.7 Å². The van der Waals surface area contributed by atoms with Crippen molar-refractivity contribution in [3.8, 4) is 5.75 Å². The third kappa shape index (κ3) is 2.37. The maximum atomic E-state index is 13.3. The second kappa shape index (κ2) is 4.52. The molecule has 1 amide bonds. The summed E-state index contributed by atoms with van der Waals surface area (Å²) in [5.74, 6) is -0.537. The first-order chi connectivity index (χ1) is 10.1. The van der Waals surface area contributed by atoms with Gasteiger partial charge in [-0.2, -0.15) is 13.2 Å². The van der Waals surface area contributed by atoms with E-state index in [0.717, 1.165) is 11.0 Å². The van der Waals surface area contributed by atoms with Gasteiger partial charge in [0.2, 0.25) is 0 Å². The Morgan fingerprint density at radius 1 is 1.36 bits per heavy atom. The molecule has 8 heteroatoms. The average Bonchev–Trinajstić information content (AvgIpc) is 2.34. The molecule has 1 heterocycles. The lowest BCUT2D eigenvalue weighted by atomic mass is 9.76. The third-order valence-electron chi connectivity index (χ3n) is 3.98. The number of hydrogen-bond donors (Lipinski definition) is 2. The molecule has 0 unspecified atom stereocenters. The van der Waals surface area contributed by atoms with E-state index in [1.54, 1.807) is 6.92 Å². The molecule has 1 fully saturated rings. The fourth-order valence-electron chi connectivity index (χ4n) is 3.06. The molecule has 0 bridgehead atoms. The van der Waals surface area contributed by atoms with E-state index in [1.165, 1.54) is 0 Å². The van der Waals surface area contributed by atoms with Crippen molar-refractivity contribution in [3.05, 3.63) is 23.3 Å². The second-order valence-corrected chi connectivity index (χ2v) is 5.98. The number of rotatable bonds is 1. The highest BCUT2D eigenvalue weighted by molar-refractivity contribution is 5.93. The average molecular weight is 317 g/mol. The summed E-state index contributed by atoms with van der Waals surface area (Å²) in [5, 5.41) is 19.3. The van der Waals surface area contributed by atoms with Crippen molar-refractivity contribution in [1.82, 2.24) is 0 Å². The largest absolute Gasteiger partial charge is 0.508 e. The van der Waals surface area contributed by atoms with Crippen LogP contribution in [0, 0.1) is 0 Å². The van der Waals surface area contributed by atoms with Crippen LogP contribution in [0.15, 0.2) is 12.1 Å². The number of benzene rings is 1. The predicted molar refractivity (Wildman–Crippen MR) is 69.4 cm³/mol. The van der Waals surface area contributed by atoms with Crippen molar-refractivity contribution in [2.24, 2.45) is 0 Å². The van der Waals surface area contributed by atoms with E-state index in [-0.39, 0.29) is 30.7 Å². The number of amides is 1. The SMILES string of the molecule is CC1(O)CC(N2C(=O)OCc3cc(O)cc(C(F)(F)F)c32)C1. The summed E-state index contributed by atoms with van der Waals surface area (Å²) < 4.78 is 44.7. The van der Waals surface area contributed by atoms with Crippen molar-refractivity contribution >= 4 is 11.8 Å². The van der Waals surface area contributed by atoms with Gasteiger partial charge in [0.15, 0.2) is 0 Å². The van der Waals surface area contributed by atoms with Crippen LogP contribution in [0.2, 0.25) is 0 Å². The number of carbonyl (C=O) groups excluding carboxylic acids is 1. The van der Waals surface area contributed by atoms with Gasteiger partial charge in [0.1, 0.15) is 12.4 Å². The Bertz CT molecular complexity index is 634. The number of carbonyl (C=O) groups is 1. The maximum absolute atomic E-state index is 13.3. The van der Waals surface area contributed by atoms with Crippen LogP contribution in [0.1, 0.15) is 30.9 Å². The van der Waals surface area contributed by atoms with E-state index in [9.17, 15) is 28.2 Å². The van der Waals surface area contributed by atoms with Crippen LogP contribution in [-0.2, 0) is 17.5 Å². The van der Waals surface area contributed by atoms with Gasteiger partial charge in [0.25, 0.3) is 0 Å². The maximum Gasteiger partial charge on any atom is 0.418 e. The molecular weight excluding hydrogens is 303 g/mol. The number of alkyl halides is 3. The predicted octanol–water partition coefficient (Wildman–Crippen LogP) is 2.78. The minimum atomic E-state index is -4.72. The molecule has 0 atom stereocenters. The number of anilines is 1. The molecular formula is C14H14F3NO4. The third-order valence-corrected chi connectivity index (χ3v) is 3.98. The lowest BCUT2D eigenvalue weighted by molar-refractivity contribution is -0.137. The van der Waals surface area contributed by atoms with Crippen molar-refractivity contribution in [1.29, 1.82) is 0 Å². The summed E-state index contributed by atoms with van der Waals surface area (Å²) in [5.41, 5.74) is -2.27. The molecule has 0 spiro atoms. The highest BCUT2D eigenvalue weighted by Crippen LogP contribution is 2.47. The molecule has 22 heavy (non-hydrogen) atoms. The molecule has 0 saturated heterocycles. The number of ether oxygens (including phenoxy) is 1. The quantitative estimate of drug-likeness (QED) is 0.835. The number of aliphatic hydroxyl groups is 1. The number of hydrogen-bond acceptors (Lipinski definition) is 4. The number of aromatic hydroxyl groups is 1. The Labute approximate surface area is 123 Å². The number of phenols is 1. The Hall–Kier alpha value is -1.96. The summed E-state index contributed by atoms with van der Waals surface area (Å²) in [6, 6.07) is 1.19. The van der Waals surface area contributed by atoms with Crippen LogP contribution in [-0.4, -0.2) is 27.9 Å². The van der Waals surface area contributed by atoms with Gasteiger partial charge in [0, 0.05) is 11.6 Å². The molecule has 1 aromatic carbocycles. The van der Waals surface area contributed by atoms with Gasteiger partial charge in [0.05, 0.1) is 16.9 Å². The number of halogens is 3. The van der Waals surface area contributed by atoms with Crippen molar-refractivity contribution in [3.63, 3.8) is 0 Å². The fourth-order valence-corrected chi connectivity index (χ4v) is 3.06.